The molecule has 1 aromatic rings. The Bertz CT molecular complexity index is 331. The second-order valence-corrected chi connectivity index (χ2v) is 5.51. The first-order valence-electron chi connectivity index (χ1n) is 5.58. The first kappa shape index (κ1) is 9.75. The number of H-pyrrole nitrogens is 1. The molecule has 0 radical (unpaired) electrons. The number of hydrogen-bond donors (Lipinski definition) is 1. The Labute approximate surface area is 86.1 Å². The highest BCUT2D eigenvalue weighted by Gasteiger charge is 2.28. The Hall–Kier alpha value is -0.790. The van der Waals surface area contributed by atoms with Crippen LogP contribution in [-0.2, 0) is 11.8 Å². The van der Waals surface area contributed by atoms with E-state index in [-0.39, 0.29) is 5.41 Å². The van der Waals surface area contributed by atoms with Gasteiger partial charge in [0.25, 0.3) is 0 Å². The summed E-state index contributed by atoms with van der Waals surface area (Å²) in [5.74, 6) is 0.687. The highest BCUT2D eigenvalue weighted by atomic mass is 15.1. The van der Waals surface area contributed by atoms with Gasteiger partial charge < -0.3 is 0 Å². The summed E-state index contributed by atoms with van der Waals surface area (Å²) in [5.41, 5.74) is 4.34. The number of aryl methyl sites for hydroxylation is 1. The van der Waals surface area contributed by atoms with Crippen molar-refractivity contribution in [1.29, 1.82) is 0 Å². The molecule has 0 spiro atoms. The smallest absolute Gasteiger partial charge is 0.0713 e. The Morgan fingerprint density at radius 3 is 2.71 bits per heavy atom. The molecule has 0 unspecified atom stereocenters. The third kappa shape index (κ3) is 1.47. The maximum atomic E-state index is 4.49. The minimum atomic E-state index is 0.176. The predicted molar refractivity (Wildman–Crippen MR) is 58.6 cm³/mol. The van der Waals surface area contributed by atoms with E-state index in [9.17, 15) is 0 Å². The lowest BCUT2D eigenvalue weighted by molar-refractivity contribution is 0.533. The number of aromatic nitrogens is 2. The van der Waals surface area contributed by atoms with Gasteiger partial charge >= 0.3 is 0 Å². The van der Waals surface area contributed by atoms with Crippen molar-refractivity contribution in [3.63, 3.8) is 0 Å². The highest BCUT2D eigenvalue weighted by molar-refractivity contribution is 5.35. The fraction of sp³-hybridized carbons (Fsp3) is 0.750. The van der Waals surface area contributed by atoms with Crippen molar-refractivity contribution >= 4 is 0 Å². The third-order valence-electron chi connectivity index (χ3n) is 3.15. The molecule has 2 rings (SSSR count). The number of hydrogen-bond acceptors (Lipinski definition) is 1. The van der Waals surface area contributed by atoms with Crippen molar-refractivity contribution in [3.05, 3.63) is 17.0 Å². The summed E-state index contributed by atoms with van der Waals surface area (Å²) in [6.45, 7) is 9.04. The fourth-order valence-electron chi connectivity index (χ4n) is 2.41. The molecule has 0 amide bonds. The van der Waals surface area contributed by atoms with Crippen molar-refractivity contribution in [2.24, 2.45) is 0 Å². The lowest BCUT2D eigenvalue weighted by Gasteiger charge is -2.24. The SMILES string of the molecule is C[C@@H]1CCCc2[nH]nc(C(C)(C)C)c21. The largest absolute Gasteiger partial charge is 0.282 e. The fourth-order valence-corrected chi connectivity index (χ4v) is 2.41. The molecule has 78 valence electrons. The molecule has 1 aliphatic rings. The number of fused-ring (bicyclic) bond motifs is 1. The summed E-state index contributed by atoms with van der Waals surface area (Å²) in [6, 6.07) is 0. The molecule has 2 nitrogen and oxygen atoms in total. The van der Waals surface area contributed by atoms with E-state index >= 15 is 0 Å². The van der Waals surface area contributed by atoms with Crippen LogP contribution in [0, 0.1) is 0 Å². The molecule has 2 heteroatoms. The van der Waals surface area contributed by atoms with Crippen LogP contribution in [0.15, 0.2) is 0 Å². The molecule has 0 fully saturated rings. The van der Waals surface area contributed by atoms with E-state index in [1.165, 1.54) is 36.2 Å². The lowest BCUT2D eigenvalue weighted by atomic mass is 9.80. The average molecular weight is 192 g/mol. The van der Waals surface area contributed by atoms with Crippen molar-refractivity contribution in [2.75, 3.05) is 0 Å². The molecule has 1 atom stereocenters. The van der Waals surface area contributed by atoms with Gasteiger partial charge in [-0.1, -0.05) is 27.7 Å². The molecule has 0 saturated heterocycles. The molecule has 0 bridgehead atoms. The monoisotopic (exact) mass is 192 g/mol. The van der Waals surface area contributed by atoms with Crippen LogP contribution in [0.25, 0.3) is 0 Å². The van der Waals surface area contributed by atoms with E-state index < -0.39 is 0 Å². The van der Waals surface area contributed by atoms with Crippen LogP contribution in [0.2, 0.25) is 0 Å². The molecule has 1 aromatic heterocycles. The zero-order valence-corrected chi connectivity index (χ0v) is 9.65. The van der Waals surface area contributed by atoms with Gasteiger partial charge in [0.05, 0.1) is 5.69 Å². The summed E-state index contributed by atoms with van der Waals surface area (Å²) < 4.78 is 0. The standard InChI is InChI=1S/C12H20N2/c1-8-6-5-7-9-10(8)11(14-13-9)12(2,3)4/h8H,5-7H2,1-4H3,(H,13,14)/t8-/m1/s1. The second-order valence-electron chi connectivity index (χ2n) is 5.51. The van der Waals surface area contributed by atoms with Crippen LogP contribution in [0.1, 0.15) is 63.4 Å². The number of rotatable bonds is 0. The number of nitrogens with zero attached hydrogens (tertiary/aromatic N) is 1. The summed E-state index contributed by atoms with van der Waals surface area (Å²) >= 11 is 0. The van der Waals surface area contributed by atoms with E-state index in [0.717, 1.165) is 0 Å². The molecular weight excluding hydrogens is 172 g/mol. The van der Waals surface area contributed by atoms with Gasteiger partial charge in [0.2, 0.25) is 0 Å². The summed E-state index contributed by atoms with van der Waals surface area (Å²) in [5, 5.41) is 7.71. The van der Waals surface area contributed by atoms with E-state index in [2.05, 4.69) is 37.9 Å². The maximum absolute atomic E-state index is 4.49. The Kier molecular flexibility index (Phi) is 2.17. The van der Waals surface area contributed by atoms with Gasteiger partial charge in [0, 0.05) is 11.1 Å². The van der Waals surface area contributed by atoms with Crippen LogP contribution in [0.5, 0.6) is 0 Å². The molecular formula is C12H20N2. The van der Waals surface area contributed by atoms with Crippen molar-refractivity contribution in [3.8, 4) is 0 Å². The maximum Gasteiger partial charge on any atom is 0.0713 e. The van der Waals surface area contributed by atoms with Crippen molar-refractivity contribution < 1.29 is 0 Å². The molecule has 0 saturated carbocycles. The quantitative estimate of drug-likeness (QED) is 0.672. The minimum Gasteiger partial charge on any atom is -0.282 e. The van der Waals surface area contributed by atoms with Gasteiger partial charge in [-0.25, -0.2) is 0 Å². The van der Waals surface area contributed by atoms with Crippen LogP contribution in [0.3, 0.4) is 0 Å². The summed E-state index contributed by atoms with van der Waals surface area (Å²) in [7, 11) is 0. The first-order chi connectivity index (χ1) is 6.50. The summed E-state index contributed by atoms with van der Waals surface area (Å²) in [4.78, 5) is 0. The van der Waals surface area contributed by atoms with E-state index in [1.807, 2.05) is 0 Å². The molecule has 1 aliphatic carbocycles. The molecule has 0 aliphatic heterocycles. The van der Waals surface area contributed by atoms with E-state index in [1.54, 1.807) is 0 Å². The van der Waals surface area contributed by atoms with Gasteiger partial charge in [0.15, 0.2) is 0 Å². The van der Waals surface area contributed by atoms with Crippen molar-refractivity contribution in [2.45, 2.75) is 58.3 Å². The number of aromatic amines is 1. The Morgan fingerprint density at radius 2 is 2.07 bits per heavy atom. The van der Waals surface area contributed by atoms with Gasteiger partial charge in [-0.2, -0.15) is 5.10 Å². The topological polar surface area (TPSA) is 28.7 Å². The highest BCUT2D eigenvalue weighted by Crippen LogP contribution is 2.36. The van der Waals surface area contributed by atoms with Crippen LogP contribution < -0.4 is 0 Å². The van der Waals surface area contributed by atoms with Crippen molar-refractivity contribution in [1.82, 2.24) is 10.2 Å². The van der Waals surface area contributed by atoms with Crippen LogP contribution >= 0.6 is 0 Å². The zero-order chi connectivity index (χ0) is 10.3. The molecule has 14 heavy (non-hydrogen) atoms. The first-order valence-corrected chi connectivity index (χ1v) is 5.58. The van der Waals surface area contributed by atoms with E-state index in [0.29, 0.717) is 5.92 Å². The Morgan fingerprint density at radius 1 is 1.36 bits per heavy atom. The zero-order valence-electron chi connectivity index (χ0n) is 9.65. The third-order valence-corrected chi connectivity index (χ3v) is 3.15. The predicted octanol–water partition coefficient (Wildman–Crippen LogP) is 3.15. The average Bonchev–Trinajstić information content (AvgIpc) is 2.47. The van der Waals surface area contributed by atoms with E-state index in [4.69, 9.17) is 0 Å². The van der Waals surface area contributed by atoms with Gasteiger partial charge in [-0.15, -0.1) is 0 Å². The van der Waals surface area contributed by atoms with Gasteiger partial charge in [0.1, 0.15) is 0 Å². The Balaban J connectivity index is 2.49. The minimum absolute atomic E-state index is 0.176. The molecule has 1 heterocycles. The number of nitrogens with one attached hydrogen (secondary N) is 1. The normalized spacial score (nSPS) is 22.1. The van der Waals surface area contributed by atoms with Gasteiger partial charge in [-0.3, -0.25) is 5.10 Å². The lowest BCUT2D eigenvalue weighted by Crippen LogP contribution is -2.17. The summed E-state index contributed by atoms with van der Waals surface area (Å²) in [6.07, 6.45) is 3.80. The second kappa shape index (κ2) is 3.11. The van der Waals surface area contributed by atoms with Gasteiger partial charge in [-0.05, 0) is 30.7 Å². The van der Waals surface area contributed by atoms with Crippen LogP contribution in [0.4, 0.5) is 0 Å². The molecule has 0 aromatic carbocycles. The molecule has 1 N–H and O–H groups in total. The van der Waals surface area contributed by atoms with Crippen LogP contribution in [-0.4, -0.2) is 10.2 Å².